The summed E-state index contributed by atoms with van der Waals surface area (Å²) < 4.78 is 95.4. The van der Waals surface area contributed by atoms with Gasteiger partial charge in [-0.1, -0.05) is 10.4 Å². The van der Waals surface area contributed by atoms with Gasteiger partial charge in [0.2, 0.25) is 10.0 Å². The molecule has 3 aromatic heterocycles. The Bertz CT molecular complexity index is 2080. The molecule has 4 heterocycles. The number of aromatic nitrogens is 7. The maximum absolute atomic E-state index is 13.7. The first-order valence-electron chi connectivity index (χ1n) is 13.0. The van der Waals surface area contributed by atoms with Crippen LogP contribution in [0.3, 0.4) is 0 Å². The van der Waals surface area contributed by atoms with Crippen LogP contribution in [0, 0.1) is 0 Å². The van der Waals surface area contributed by atoms with Crippen LogP contribution < -0.4 is 5.32 Å². The van der Waals surface area contributed by atoms with Gasteiger partial charge in [-0.25, -0.2) is 22.8 Å². The van der Waals surface area contributed by atoms with E-state index >= 15 is 0 Å². The Morgan fingerprint density at radius 1 is 0.600 bits per heavy atom. The molecule has 45 heavy (non-hydrogen) atoms. The van der Waals surface area contributed by atoms with Gasteiger partial charge in [-0.15, -0.1) is 10.2 Å². The van der Waals surface area contributed by atoms with E-state index in [-0.39, 0.29) is 50.6 Å². The number of benzene rings is 2. The van der Waals surface area contributed by atoms with Crippen LogP contribution in [-0.4, -0.2) is 99.8 Å². The molecule has 6 rings (SSSR count). The molecule has 3 N–H and O–H groups in total. The quantitative estimate of drug-likeness (QED) is 0.192. The number of pyridine rings is 1. The normalized spacial score (nSPS) is 14.9. The maximum atomic E-state index is 13.7. The molecule has 17 nitrogen and oxygen atoms in total. The van der Waals surface area contributed by atoms with Gasteiger partial charge in [0, 0.05) is 26.2 Å². The van der Waals surface area contributed by atoms with Gasteiger partial charge in [0.25, 0.3) is 20.2 Å². The number of piperazine rings is 1. The summed E-state index contributed by atoms with van der Waals surface area (Å²) in [6.07, 6.45) is 2.95. The van der Waals surface area contributed by atoms with Crippen LogP contribution in [0.25, 0.3) is 34.2 Å². The fourth-order valence-electron chi connectivity index (χ4n) is 4.51. The predicted octanol–water partition coefficient (Wildman–Crippen LogP) is 0.664. The van der Waals surface area contributed by atoms with Crippen molar-refractivity contribution in [2.24, 2.45) is 0 Å². The average molecular weight is 674 g/mol. The lowest BCUT2D eigenvalue weighted by Gasteiger charge is -2.26. The molecule has 0 saturated carbocycles. The number of hydrogen-bond acceptors (Lipinski definition) is 12. The molecule has 234 valence electrons. The highest BCUT2D eigenvalue weighted by Crippen LogP contribution is 2.28. The highest BCUT2D eigenvalue weighted by atomic mass is 32.2. The van der Waals surface area contributed by atoms with Gasteiger partial charge in [-0.2, -0.15) is 21.1 Å². The van der Waals surface area contributed by atoms with Crippen molar-refractivity contribution in [3.63, 3.8) is 0 Å². The van der Waals surface area contributed by atoms with Gasteiger partial charge in [0.1, 0.15) is 11.4 Å². The third-order valence-electron chi connectivity index (χ3n) is 6.82. The third kappa shape index (κ3) is 6.38. The van der Waals surface area contributed by atoms with Crippen LogP contribution in [0.1, 0.15) is 0 Å². The Morgan fingerprint density at radius 2 is 1.02 bits per heavy atom. The van der Waals surface area contributed by atoms with Gasteiger partial charge >= 0.3 is 0 Å². The summed E-state index contributed by atoms with van der Waals surface area (Å²) in [5.74, 6) is 0. The summed E-state index contributed by atoms with van der Waals surface area (Å²) >= 11 is 0. The third-order valence-corrected chi connectivity index (χ3v) is 10.4. The smallest absolute Gasteiger partial charge is 0.294 e. The van der Waals surface area contributed by atoms with Crippen molar-refractivity contribution in [3.05, 3.63) is 73.1 Å². The lowest BCUT2D eigenvalue weighted by atomic mass is 10.2. The molecule has 0 bridgehead atoms. The van der Waals surface area contributed by atoms with E-state index in [4.69, 9.17) is 0 Å². The molecule has 5 aromatic rings. The summed E-state index contributed by atoms with van der Waals surface area (Å²) in [6.45, 7) is 1.50. The van der Waals surface area contributed by atoms with Crippen LogP contribution in [0.15, 0.2) is 87.7 Å². The SMILES string of the molecule is O=S(=O)(O)c1ccc(-n2cc(-c3cc(S(=O)(=O)N4CCNCC4)cc(-c4cn(-c5ccc(S(=O)(=O)O)cc5)nn4)n3)nn2)cc1. The van der Waals surface area contributed by atoms with E-state index in [9.17, 15) is 34.4 Å². The van der Waals surface area contributed by atoms with Crippen LogP contribution in [0.5, 0.6) is 0 Å². The Hall–Kier alpha value is -4.44. The van der Waals surface area contributed by atoms with Gasteiger partial charge in [-0.3, -0.25) is 9.11 Å². The van der Waals surface area contributed by atoms with Crippen molar-refractivity contribution in [2.45, 2.75) is 14.7 Å². The summed E-state index contributed by atoms with van der Waals surface area (Å²) in [5, 5.41) is 19.5. The fraction of sp³-hybridized carbons (Fsp3) is 0.160. The van der Waals surface area contributed by atoms with E-state index in [0.29, 0.717) is 24.5 Å². The van der Waals surface area contributed by atoms with Crippen molar-refractivity contribution in [3.8, 4) is 34.2 Å². The second-order valence-corrected chi connectivity index (χ2v) is 14.5. The Balaban J connectivity index is 1.40. The van der Waals surface area contributed by atoms with E-state index in [0.717, 1.165) is 0 Å². The number of hydrogen-bond donors (Lipinski definition) is 3. The molecule has 0 radical (unpaired) electrons. The van der Waals surface area contributed by atoms with Gasteiger partial charge in [-0.05, 0) is 60.7 Å². The summed E-state index contributed by atoms with van der Waals surface area (Å²) in [5.41, 5.74) is 1.51. The van der Waals surface area contributed by atoms with Gasteiger partial charge in [0.15, 0.2) is 0 Å². The largest absolute Gasteiger partial charge is 0.314 e. The topological polar surface area (TPSA) is 232 Å². The highest BCUT2D eigenvalue weighted by Gasteiger charge is 2.28. The molecular weight excluding hydrogens is 651 g/mol. The maximum Gasteiger partial charge on any atom is 0.294 e. The van der Waals surface area contributed by atoms with Crippen LogP contribution >= 0.6 is 0 Å². The number of nitrogens with one attached hydrogen (secondary N) is 1. The summed E-state index contributed by atoms with van der Waals surface area (Å²) in [7, 11) is -12.7. The van der Waals surface area contributed by atoms with Crippen molar-refractivity contribution >= 4 is 30.3 Å². The summed E-state index contributed by atoms with van der Waals surface area (Å²) in [6, 6.07) is 13.2. The molecule has 1 aliphatic rings. The van der Waals surface area contributed by atoms with Gasteiger partial charge < -0.3 is 5.32 Å². The van der Waals surface area contributed by atoms with E-state index < -0.39 is 30.3 Å². The van der Waals surface area contributed by atoms with E-state index in [1.165, 1.54) is 86.7 Å². The molecule has 0 aliphatic carbocycles. The molecule has 0 amide bonds. The Labute approximate surface area is 256 Å². The van der Waals surface area contributed by atoms with Crippen molar-refractivity contribution < 1.29 is 34.4 Å². The monoisotopic (exact) mass is 673 g/mol. The average Bonchev–Trinajstić information content (AvgIpc) is 3.72. The second kappa shape index (κ2) is 11.5. The van der Waals surface area contributed by atoms with Crippen LogP contribution in [-0.2, 0) is 30.3 Å². The van der Waals surface area contributed by atoms with E-state index in [1.807, 2.05) is 0 Å². The number of nitrogens with zero attached hydrogens (tertiary/aromatic N) is 8. The van der Waals surface area contributed by atoms with Crippen molar-refractivity contribution in [1.82, 2.24) is 44.6 Å². The van der Waals surface area contributed by atoms with Crippen molar-refractivity contribution in [2.75, 3.05) is 26.2 Å². The molecular formula is C25H23N9O8S3. The fourth-order valence-corrected chi connectivity index (χ4v) is 6.95. The minimum Gasteiger partial charge on any atom is -0.314 e. The summed E-state index contributed by atoms with van der Waals surface area (Å²) in [4.78, 5) is 3.92. The van der Waals surface area contributed by atoms with Gasteiger partial charge in [0.05, 0.1) is 49.8 Å². The molecule has 2 aromatic carbocycles. The van der Waals surface area contributed by atoms with Crippen LogP contribution in [0.2, 0.25) is 0 Å². The Morgan fingerprint density at radius 3 is 1.42 bits per heavy atom. The minimum absolute atomic E-state index is 0.0662. The number of sulfonamides is 1. The molecule has 1 aliphatic heterocycles. The lowest BCUT2D eigenvalue weighted by molar-refractivity contribution is 0.360. The second-order valence-electron chi connectivity index (χ2n) is 9.76. The first-order chi connectivity index (χ1) is 21.3. The molecule has 1 saturated heterocycles. The molecule has 20 heteroatoms. The zero-order valence-electron chi connectivity index (χ0n) is 22.9. The predicted molar refractivity (Wildman–Crippen MR) is 156 cm³/mol. The molecule has 1 fully saturated rings. The molecule has 0 atom stereocenters. The molecule has 0 unspecified atom stereocenters. The first-order valence-corrected chi connectivity index (χ1v) is 17.4. The lowest BCUT2D eigenvalue weighted by Crippen LogP contribution is -2.46. The number of rotatable bonds is 8. The van der Waals surface area contributed by atoms with E-state index in [1.54, 1.807) is 0 Å². The zero-order valence-corrected chi connectivity index (χ0v) is 25.4. The zero-order chi connectivity index (χ0) is 32.0. The first kappa shape index (κ1) is 30.6. The van der Waals surface area contributed by atoms with E-state index in [2.05, 4.69) is 30.9 Å². The van der Waals surface area contributed by atoms with Crippen LogP contribution in [0.4, 0.5) is 0 Å². The minimum atomic E-state index is -4.39. The standard InChI is InChI=1S/C25H23N9O8S3/c35-43(36,32-11-9-26-10-12-32)21-13-22(24-15-33(30-28-24)17-1-5-19(6-2-17)44(37,38)39)27-23(14-21)25-16-34(31-29-25)18-3-7-20(8-4-18)45(40,41)42/h1-8,13-16,26H,9-12H2,(H,37,38,39)(H,40,41,42). The Kier molecular flexibility index (Phi) is 7.81. The molecule has 0 spiro atoms. The highest BCUT2D eigenvalue weighted by molar-refractivity contribution is 7.89. The van der Waals surface area contributed by atoms with Crippen molar-refractivity contribution in [1.29, 1.82) is 0 Å².